The molecule has 12 heavy (non-hydrogen) atoms. The molecule has 2 nitrogen and oxygen atoms in total. The number of hydrogen-bond acceptors (Lipinski definition) is 2. The quantitative estimate of drug-likeness (QED) is 0.656. The van der Waals surface area contributed by atoms with Crippen LogP contribution in [0, 0.1) is 11.8 Å². The summed E-state index contributed by atoms with van der Waals surface area (Å²) >= 11 is 14.9. The molecule has 5 heteroatoms. The molecule has 2 rings (SSSR count). The van der Waals surface area contributed by atoms with Crippen LogP contribution in [0.2, 0.25) is 0 Å². The summed E-state index contributed by atoms with van der Waals surface area (Å²) in [4.78, 5) is 0. The molecule has 0 radical (unpaired) electrons. The Morgan fingerprint density at radius 3 is 2.58 bits per heavy atom. The third-order valence-electron chi connectivity index (χ3n) is 2.48. The zero-order valence-corrected chi connectivity index (χ0v) is 9.01. The third kappa shape index (κ3) is 1.07. The molecule has 0 aromatic rings. The van der Waals surface area contributed by atoms with Crippen LogP contribution in [0.5, 0.6) is 0 Å². The Hall–Kier alpha value is 0.720. The molecule has 0 aromatic heterocycles. The predicted molar refractivity (Wildman–Crippen MR) is 50.4 cm³/mol. The first-order valence-corrected chi connectivity index (χ1v) is 5.12. The van der Waals surface area contributed by atoms with Crippen molar-refractivity contribution in [2.24, 2.45) is 11.8 Å². The van der Waals surface area contributed by atoms with E-state index in [1.54, 1.807) is 6.08 Å². The fourth-order valence-corrected chi connectivity index (χ4v) is 3.02. The third-order valence-corrected chi connectivity index (χ3v) is 4.22. The molecular formula is C7H7BrCl2O2. The summed E-state index contributed by atoms with van der Waals surface area (Å²) in [6.45, 7) is 0. The Kier molecular flexibility index (Phi) is 2.02. The Balaban J connectivity index is 2.29. The highest BCUT2D eigenvalue weighted by Crippen LogP contribution is 2.64. The van der Waals surface area contributed by atoms with Gasteiger partial charge in [0.15, 0.2) is 0 Å². The van der Waals surface area contributed by atoms with Crippen LogP contribution >= 0.6 is 39.1 Å². The number of fused-ring (bicyclic) bond motifs is 1. The molecule has 2 aliphatic rings. The molecule has 4 atom stereocenters. The monoisotopic (exact) mass is 272 g/mol. The first-order chi connectivity index (χ1) is 5.46. The van der Waals surface area contributed by atoms with Crippen LogP contribution in [-0.4, -0.2) is 26.8 Å². The Labute approximate surface area is 88.3 Å². The molecular weight excluding hydrogens is 267 g/mol. The van der Waals surface area contributed by atoms with Gasteiger partial charge in [-0.2, -0.15) is 0 Å². The molecule has 0 aromatic carbocycles. The van der Waals surface area contributed by atoms with Gasteiger partial charge >= 0.3 is 0 Å². The van der Waals surface area contributed by atoms with E-state index in [9.17, 15) is 10.2 Å². The molecule has 68 valence electrons. The number of alkyl halides is 2. The smallest absolute Gasteiger partial charge is 0.131 e. The Bertz CT molecular complexity index is 254. The van der Waals surface area contributed by atoms with Gasteiger partial charge in [-0.1, -0.05) is 22.0 Å². The predicted octanol–water partition coefficient (Wildman–Crippen LogP) is 1.42. The van der Waals surface area contributed by atoms with Gasteiger partial charge < -0.3 is 10.2 Å². The average Bonchev–Trinajstić information content (AvgIpc) is 2.49. The van der Waals surface area contributed by atoms with Crippen LogP contribution in [0.15, 0.2) is 10.6 Å². The lowest BCUT2D eigenvalue weighted by atomic mass is 10.0. The minimum atomic E-state index is -0.893. The maximum absolute atomic E-state index is 9.50. The van der Waals surface area contributed by atoms with Crippen molar-refractivity contribution in [2.75, 3.05) is 0 Å². The van der Waals surface area contributed by atoms with E-state index in [1.807, 2.05) is 0 Å². The highest BCUT2D eigenvalue weighted by molar-refractivity contribution is 9.11. The highest BCUT2D eigenvalue weighted by Gasteiger charge is 2.68. The first-order valence-electron chi connectivity index (χ1n) is 3.57. The van der Waals surface area contributed by atoms with Crippen molar-refractivity contribution in [1.29, 1.82) is 0 Å². The number of aliphatic hydroxyl groups excluding tert-OH is 2. The van der Waals surface area contributed by atoms with E-state index in [2.05, 4.69) is 15.9 Å². The normalized spacial score (nSPS) is 49.6. The maximum atomic E-state index is 9.50. The largest absolute Gasteiger partial charge is 0.390 e. The summed E-state index contributed by atoms with van der Waals surface area (Å²) in [5.74, 6) is -0.259. The number of halogens is 3. The Morgan fingerprint density at radius 2 is 2.00 bits per heavy atom. The lowest BCUT2D eigenvalue weighted by molar-refractivity contribution is 0.0253. The standard InChI is InChI=1S/C7H7BrCl2O2/c8-3-1-2-4(7(2,9)10)6(12)5(3)11/h1-2,4-6,11-12H/t2-,4-,5-,6+/m1/s1. The van der Waals surface area contributed by atoms with E-state index < -0.39 is 16.5 Å². The molecule has 1 fully saturated rings. The second kappa shape index (κ2) is 2.61. The summed E-state index contributed by atoms with van der Waals surface area (Å²) in [6, 6.07) is 0. The number of hydrogen-bond donors (Lipinski definition) is 2. The van der Waals surface area contributed by atoms with Crippen molar-refractivity contribution in [1.82, 2.24) is 0 Å². The van der Waals surface area contributed by atoms with E-state index in [0.717, 1.165) is 0 Å². The van der Waals surface area contributed by atoms with Crippen LogP contribution in [0.25, 0.3) is 0 Å². The van der Waals surface area contributed by atoms with Crippen molar-refractivity contribution < 1.29 is 10.2 Å². The van der Waals surface area contributed by atoms with Crippen LogP contribution in [0.4, 0.5) is 0 Å². The molecule has 0 unspecified atom stereocenters. The second-order valence-electron chi connectivity index (χ2n) is 3.21. The average molecular weight is 274 g/mol. The van der Waals surface area contributed by atoms with Gasteiger partial charge in [-0.25, -0.2) is 0 Å². The molecule has 1 saturated carbocycles. The van der Waals surface area contributed by atoms with Gasteiger partial charge in [0.2, 0.25) is 0 Å². The van der Waals surface area contributed by atoms with E-state index in [1.165, 1.54) is 0 Å². The molecule has 0 bridgehead atoms. The van der Waals surface area contributed by atoms with Gasteiger partial charge in [-0.05, 0) is 0 Å². The van der Waals surface area contributed by atoms with Crippen LogP contribution in [-0.2, 0) is 0 Å². The molecule has 0 spiro atoms. The zero-order valence-electron chi connectivity index (χ0n) is 5.92. The first kappa shape index (κ1) is 9.28. The van der Waals surface area contributed by atoms with Gasteiger partial charge in [-0.3, -0.25) is 0 Å². The van der Waals surface area contributed by atoms with Gasteiger partial charge in [-0.15, -0.1) is 23.2 Å². The number of rotatable bonds is 0. The fraction of sp³-hybridized carbons (Fsp3) is 0.714. The molecule has 0 aliphatic heterocycles. The van der Waals surface area contributed by atoms with Gasteiger partial charge in [0.25, 0.3) is 0 Å². The van der Waals surface area contributed by atoms with Gasteiger partial charge in [0.05, 0.1) is 6.10 Å². The molecule has 2 N–H and O–H groups in total. The zero-order chi connectivity index (χ0) is 9.09. The van der Waals surface area contributed by atoms with E-state index in [4.69, 9.17) is 23.2 Å². The highest BCUT2D eigenvalue weighted by atomic mass is 79.9. The van der Waals surface area contributed by atoms with Crippen molar-refractivity contribution in [3.8, 4) is 0 Å². The van der Waals surface area contributed by atoms with Gasteiger partial charge in [0.1, 0.15) is 10.4 Å². The Morgan fingerprint density at radius 1 is 1.42 bits per heavy atom. The SMILES string of the molecule is O[C@H]1[C@H]2[C@@H](C=C(Br)[C@H]1O)C2(Cl)Cl. The van der Waals surface area contributed by atoms with E-state index >= 15 is 0 Å². The fourth-order valence-electron chi connectivity index (χ4n) is 1.66. The summed E-state index contributed by atoms with van der Waals surface area (Å²) in [7, 11) is 0. The number of allylic oxidation sites excluding steroid dienone is 1. The minimum absolute atomic E-state index is 0.0337. The van der Waals surface area contributed by atoms with Crippen molar-refractivity contribution in [3.05, 3.63) is 10.6 Å². The van der Waals surface area contributed by atoms with Crippen molar-refractivity contribution in [3.63, 3.8) is 0 Å². The van der Waals surface area contributed by atoms with E-state index in [0.29, 0.717) is 4.48 Å². The van der Waals surface area contributed by atoms with Crippen LogP contribution in [0.1, 0.15) is 0 Å². The summed E-state index contributed by atoms with van der Waals surface area (Å²) in [5.41, 5.74) is 0. The molecule has 0 saturated heterocycles. The lowest BCUT2D eigenvalue weighted by Gasteiger charge is -2.20. The van der Waals surface area contributed by atoms with Gasteiger partial charge in [0, 0.05) is 16.3 Å². The molecule has 0 amide bonds. The topological polar surface area (TPSA) is 40.5 Å². The van der Waals surface area contributed by atoms with Crippen LogP contribution in [0.3, 0.4) is 0 Å². The maximum Gasteiger partial charge on any atom is 0.131 e. The molecule has 0 heterocycles. The summed E-state index contributed by atoms with van der Waals surface area (Å²) in [5, 5.41) is 18.9. The van der Waals surface area contributed by atoms with Crippen LogP contribution < -0.4 is 0 Å². The summed E-state index contributed by atoms with van der Waals surface area (Å²) in [6.07, 6.45) is 0.0252. The molecule has 2 aliphatic carbocycles. The van der Waals surface area contributed by atoms with Crippen molar-refractivity contribution >= 4 is 39.1 Å². The summed E-state index contributed by atoms with van der Waals surface area (Å²) < 4.78 is -0.324. The lowest BCUT2D eigenvalue weighted by Crippen LogP contribution is -2.31. The van der Waals surface area contributed by atoms with Crippen molar-refractivity contribution in [2.45, 2.75) is 16.5 Å². The minimum Gasteiger partial charge on any atom is -0.390 e. The second-order valence-corrected chi connectivity index (χ2v) is 5.57. The van der Waals surface area contributed by atoms with E-state index in [-0.39, 0.29) is 11.8 Å². The number of aliphatic hydroxyl groups is 2.